The number of nitrogens with zero attached hydrogens (tertiary/aromatic N) is 5. The molecule has 0 N–H and O–H groups in total. The van der Waals surface area contributed by atoms with Gasteiger partial charge in [0.15, 0.2) is 0 Å². The quantitative estimate of drug-likeness (QED) is 0.792. The number of rotatable bonds is 1. The van der Waals surface area contributed by atoms with E-state index in [1.54, 1.807) is 23.2 Å². The van der Waals surface area contributed by atoms with Gasteiger partial charge in [-0.25, -0.2) is 9.67 Å². The Hall–Kier alpha value is -1.99. The van der Waals surface area contributed by atoms with Crippen molar-refractivity contribution in [2.45, 2.75) is 25.2 Å². The molecule has 1 amide bonds. The molecule has 0 unspecified atom stereocenters. The lowest BCUT2D eigenvalue weighted by Crippen LogP contribution is -2.50. The Bertz CT molecular complexity index is 702. The molecule has 0 spiro atoms. The molecular weight excluding hydrogens is 306 g/mol. The molecule has 0 radical (unpaired) electrons. The molecule has 0 aliphatic carbocycles. The second-order valence-corrected chi connectivity index (χ2v) is 5.92. The zero-order chi connectivity index (χ0) is 15.1. The van der Waals surface area contributed by atoms with Gasteiger partial charge in [0.2, 0.25) is 0 Å². The highest BCUT2D eigenvalue weighted by molar-refractivity contribution is 6.30. The molecule has 8 heteroatoms. The highest BCUT2D eigenvalue weighted by Gasteiger charge is 2.38. The lowest BCUT2D eigenvalue weighted by molar-refractivity contribution is -0.0628. The first-order valence-corrected chi connectivity index (χ1v) is 7.51. The minimum Gasteiger partial charge on any atom is -0.368 e. The summed E-state index contributed by atoms with van der Waals surface area (Å²) in [6.45, 7) is 1.66. The van der Waals surface area contributed by atoms with Crippen molar-refractivity contribution in [3.63, 3.8) is 0 Å². The molecule has 114 valence electrons. The van der Waals surface area contributed by atoms with Crippen LogP contribution in [0.2, 0.25) is 5.02 Å². The van der Waals surface area contributed by atoms with Crippen molar-refractivity contribution in [2.75, 3.05) is 13.1 Å². The first-order valence-electron chi connectivity index (χ1n) is 7.14. The number of carbonyl (C=O) groups is 1. The SMILES string of the molecule is O=C(c1ccc(Cl)cn1)N1CC[C@H]2[C@H](C1)OCc1cnnn12. The van der Waals surface area contributed by atoms with E-state index in [4.69, 9.17) is 16.3 Å². The lowest BCUT2D eigenvalue weighted by Gasteiger charge is -2.40. The van der Waals surface area contributed by atoms with Crippen molar-refractivity contribution in [1.82, 2.24) is 24.9 Å². The van der Waals surface area contributed by atoms with Gasteiger partial charge in [0.05, 0.1) is 35.7 Å². The third-order valence-corrected chi connectivity index (χ3v) is 4.39. The molecule has 2 aliphatic rings. The van der Waals surface area contributed by atoms with Gasteiger partial charge in [-0.05, 0) is 18.6 Å². The average molecular weight is 320 g/mol. The number of pyridine rings is 1. The molecule has 1 fully saturated rings. The molecule has 0 aromatic carbocycles. The first kappa shape index (κ1) is 13.7. The number of halogens is 1. The van der Waals surface area contributed by atoms with Crippen molar-refractivity contribution in [1.29, 1.82) is 0 Å². The minimum absolute atomic E-state index is 0.0563. The van der Waals surface area contributed by atoms with Crippen LogP contribution in [0.15, 0.2) is 24.5 Å². The van der Waals surface area contributed by atoms with Crippen molar-refractivity contribution < 1.29 is 9.53 Å². The zero-order valence-corrected chi connectivity index (χ0v) is 12.5. The van der Waals surface area contributed by atoms with Gasteiger partial charge in [0.25, 0.3) is 5.91 Å². The molecule has 2 aromatic rings. The second-order valence-electron chi connectivity index (χ2n) is 5.49. The third kappa shape index (κ3) is 2.26. The number of fused-ring (bicyclic) bond motifs is 3. The molecule has 2 atom stereocenters. The van der Waals surface area contributed by atoms with Gasteiger partial charge in [0.1, 0.15) is 5.69 Å². The Labute approximate surface area is 131 Å². The maximum absolute atomic E-state index is 12.5. The summed E-state index contributed by atoms with van der Waals surface area (Å²) in [6, 6.07) is 3.47. The molecule has 7 nitrogen and oxygen atoms in total. The van der Waals surface area contributed by atoms with Crippen LogP contribution in [-0.4, -0.2) is 50.0 Å². The molecule has 0 bridgehead atoms. The molecule has 2 aliphatic heterocycles. The second kappa shape index (κ2) is 5.33. The summed E-state index contributed by atoms with van der Waals surface area (Å²) in [5, 5.41) is 8.59. The van der Waals surface area contributed by atoms with Crippen molar-refractivity contribution in [2.24, 2.45) is 0 Å². The summed E-state index contributed by atoms with van der Waals surface area (Å²) in [5.74, 6) is -0.0943. The van der Waals surface area contributed by atoms with E-state index in [0.29, 0.717) is 30.4 Å². The maximum atomic E-state index is 12.5. The smallest absolute Gasteiger partial charge is 0.272 e. The van der Waals surface area contributed by atoms with Crippen LogP contribution >= 0.6 is 11.6 Å². The molecule has 2 aromatic heterocycles. The number of aromatic nitrogens is 4. The van der Waals surface area contributed by atoms with Crippen LogP contribution in [0, 0.1) is 0 Å². The van der Waals surface area contributed by atoms with Gasteiger partial charge >= 0.3 is 0 Å². The van der Waals surface area contributed by atoms with Crippen LogP contribution in [0.4, 0.5) is 0 Å². The largest absolute Gasteiger partial charge is 0.368 e. The Morgan fingerprint density at radius 2 is 2.27 bits per heavy atom. The summed E-state index contributed by atoms with van der Waals surface area (Å²) < 4.78 is 7.79. The first-order chi connectivity index (χ1) is 10.7. The number of ether oxygens (including phenoxy) is 1. The number of hydrogen-bond donors (Lipinski definition) is 0. The van der Waals surface area contributed by atoms with Crippen molar-refractivity contribution >= 4 is 17.5 Å². The topological polar surface area (TPSA) is 73.1 Å². The van der Waals surface area contributed by atoms with Gasteiger partial charge in [-0.2, -0.15) is 0 Å². The van der Waals surface area contributed by atoms with Crippen molar-refractivity contribution in [3.05, 3.63) is 40.9 Å². The van der Waals surface area contributed by atoms with Gasteiger partial charge < -0.3 is 9.64 Å². The van der Waals surface area contributed by atoms with E-state index < -0.39 is 0 Å². The van der Waals surface area contributed by atoms with Crippen molar-refractivity contribution in [3.8, 4) is 0 Å². The molecule has 1 saturated heterocycles. The van der Waals surface area contributed by atoms with E-state index in [1.165, 1.54) is 6.20 Å². The van der Waals surface area contributed by atoms with Gasteiger partial charge in [-0.1, -0.05) is 16.8 Å². The fourth-order valence-electron chi connectivity index (χ4n) is 3.04. The summed E-state index contributed by atoms with van der Waals surface area (Å²) in [7, 11) is 0. The zero-order valence-electron chi connectivity index (χ0n) is 11.7. The Morgan fingerprint density at radius 3 is 3.09 bits per heavy atom. The van der Waals surface area contributed by atoms with Gasteiger partial charge in [-0.15, -0.1) is 5.10 Å². The summed E-state index contributed by atoms with van der Waals surface area (Å²) in [6.07, 6.45) is 3.95. The number of carbonyl (C=O) groups excluding carboxylic acids is 1. The molecule has 0 saturated carbocycles. The standard InChI is InChI=1S/C14H14ClN5O2/c15-9-1-2-11(16-5-9)14(21)19-4-3-12-13(7-19)22-8-10-6-17-18-20(10)12/h1-2,5-6,12-13H,3-4,7-8H2/t12-,13-/m0/s1. The number of likely N-dealkylation sites (tertiary alicyclic amines) is 1. The fourth-order valence-corrected chi connectivity index (χ4v) is 3.15. The van der Waals surface area contributed by atoms with E-state index in [2.05, 4.69) is 15.3 Å². The van der Waals surface area contributed by atoms with E-state index >= 15 is 0 Å². The lowest BCUT2D eigenvalue weighted by atomic mass is 10.00. The van der Waals surface area contributed by atoms with Crippen LogP contribution in [0.5, 0.6) is 0 Å². The van der Waals surface area contributed by atoms with E-state index in [1.807, 2.05) is 4.68 Å². The normalized spacial score (nSPS) is 23.8. The Morgan fingerprint density at radius 1 is 1.36 bits per heavy atom. The van der Waals surface area contributed by atoms with Gasteiger partial charge in [-0.3, -0.25) is 4.79 Å². The molecule has 4 heterocycles. The van der Waals surface area contributed by atoms with E-state index in [-0.39, 0.29) is 18.1 Å². The number of amides is 1. The Kier molecular flexibility index (Phi) is 3.31. The maximum Gasteiger partial charge on any atom is 0.272 e. The number of piperidine rings is 1. The van der Waals surface area contributed by atoms with E-state index in [9.17, 15) is 4.79 Å². The summed E-state index contributed by atoms with van der Waals surface area (Å²) in [5.41, 5.74) is 1.39. The van der Waals surface area contributed by atoms with Gasteiger partial charge in [0, 0.05) is 19.3 Å². The van der Waals surface area contributed by atoms with Crippen LogP contribution in [0.3, 0.4) is 0 Å². The molecular formula is C14H14ClN5O2. The van der Waals surface area contributed by atoms with Crippen LogP contribution < -0.4 is 0 Å². The van der Waals surface area contributed by atoms with Crippen LogP contribution in [0.25, 0.3) is 0 Å². The summed E-state index contributed by atoms with van der Waals surface area (Å²) in [4.78, 5) is 18.4. The van der Waals surface area contributed by atoms with Crippen LogP contribution in [0.1, 0.15) is 28.6 Å². The fraction of sp³-hybridized carbons (Fsp3) is 0.429. The monoisotopic (exact) mass is 319 g/mol. The predicted molar refractivity (Wildman–Crippen MR) is 77.4 cm³/mol. The third-order valence-electron chi connectivity index (χ3n) is 4.17. The average Bonchev–Trinajstić information content (AvgIpc) is 3.03. The summed E-state index contributed by atoms with van der Waals surface area (Å²) >= 11 is 5.81. The predicted octanol–water partition coefficient (Wildman–Crippen LogP) is 1.31. The molecule has 22 heavy (non-hydrogen) atoms. The van der Waals surface area contributed by atoms with Crippen LogP contribution in [-0.2, 0) is 11.3 Å². The highest BCUT2D eigenvalue weighted by atomic mass is 35.5. The number of hydrogen-bond acceptors (Lipinski definition) is 5. The van der Waals surface area contributed by atoms with E-state index in [0.717, 1.165) is 12.1 Å². The Balaban J connectivity index is 1.51. The molecule has 4 rings (SSSR count). The highest BCUT2D eigenvalue weighted by Crippen LogP contribution is 2.30. The minimum atomic E-state index is -0.0943.